The third kappa shape index (κ3) is 4.04. The van der Waals surface area contributed by atoms with E-state index in [2.05, 4.69) is 4.98 Å². The van der Waals surface area contributed by atoms with Gasteiger partial charge in [-0.15, -0.1) is 0 Å². The molecule has 3 heterocycles. The second kappa shape index (κ2) is 7.68. The Balaban J connectivity index is 1.53. The smallest absolute Gasteiger partial charge is 0.408 e. The molecule has 166 valence electrons. The lowest BCUT2D eigenvalue weighted by Gasteiger charge is -2.23. The molecular weight excluding hydrogens is 437 g/mol. The van der Waals surface area contributed by atoms with Crippen LogP contribution in [0.25, 0.3) is 11.1 Å². The van der Waals surface area contributed by atoms with Gasteiger partial charge in [0.05, 0.1) is 16.0 Å². The number of aryl methyl sites for hydroxylation is 1. The van der Waals surface area contributed by atoms with Gasteiger partial charge in [0, 0.05) is 45.5 Å². The summed E-state index contributed by atoms with van der Waals surface area (Å²) >= 11 is 0. The van der Waals surface area contributed by atoms with E-state index in [1.807, 2.05) is 0 Å². The average Bonchev–Trinajstić information content (AvgIpc) is 2.89. The zero-order valence-electron chi connectivity index (χ0n) is 16.5. The molecule has 2 aromatic heterocycles. The fraction of sp³-hybridized carbons (Fsp3) is 0.368. The Kier molecular flexibility index (Phi) is 5.30. The van der Waals surface area contributed by atoms with Crippen LogP contribution in [0, 0.1) is 0 Å². The van der Waals surface area contributed by atoms with Gasteiger partial charge in [0.1, 0.15) is 5.82 Å². The van der Waals surface area contributed by atoms with Crippen LogP contribution >= 0.6 is 0 Å². The van der Waals surface area contributed by atoms with Crippen molar-refractivity contribution in [3.63, 3.8) is 0 Å². The highest BCUT2D eigenvalue weighted by atomic mass is 32.2. The highest BCUT2D eigenvalue weighted by Crippen LogP contribution is 2.30. The summed E-state index contributed by atoms with van der Waals surface area (Å²) in [6.45, 7) is 1.12. The fourth-order valence-corrected chi connectivity index (χ4v) is 5.01. The van der Waals surface area contributed by atoms with E-state index in [4.69, 9.17) is 4.42 Å². The van der Waals surface area contributed by atoms with Gasteiger partial charge in [-0.3, -0.25) is 4.57 Å². The molecule has 0 atom stereocenters. The summed E-state index contributed by atoms with van der Waals surface area (Å²) in [4.78, 5) is 17.3. The van der Waals surface area contributed by atoms with E-state index in [1.54, 1.807) is 4.90 Å². The SMILES string of the molecule is Cn1c(=O)oc2cc(S(=O)(=O)N3CCCN(c4ccc(C(F)(F)F)cn4)CC3)ccc21. The van der Waals surface area contributed by atoms with Crippen LogP contribution in [0.2, 0.25) is 0 Å². The van der Waals surface area contributed by atoms with E-state index < -0.39 is 27.5 Å². The van der Waals surface area contributed by atoms with Crippen molar-refractivity contribution in [2.45, 2.75) is 17.5 Å². The van der Waals surface area contributed by atoms with E-state index in [0.29, 0.717) is 24.3 Å². The number of benzene rings is 1. The molecule has 4 rings (SSSR count). The standard InChI is InChI=1S/C19H19F3N4O4S/c1-24-15-5-4-14(11-16(15)30-18(24)27)31(28,29)26-8-2-7-25(9-10-26)17-6-3-13(12-23-17)19(20,21)22/h3-6,11-12H,2,7-10H2,1H3. The van der Waals surface area contributed by atoms with Gasteiger partial charge >= 0.3 is 11.9 Å². The van der Waals surface area contributed by atoms with Gasteiger partial charge in [0.2, 0.25) is 10.0 Å². The highest BCUT2D eigenvalue weighted by Gasteiger charge is 2.31. The number of anilines is 1. The van der Waals surface area contributed by atoms with E-state index in [0.717, 1.165) is 12.3 Å². The van der Waals surface area contributed by atoms with Crippen LogP contribution < -0.4 is 10.7 Å². The quantitative estimate of drug-likeness (QED) is 0.602. The molecule has 1 aromatic carbocycles. The van der Waals surface area contributed by atoms with Gasteiger partial charge < -0.3 is 9.32 Å². The summed E-state index contributed by atoms with van der Waals surface area (Å²) in [5, 5.41) is 0. The molecule has 1 aliphatic rings. The first-order valence-corrected chi connectivity index (χ1v) is 10.9. The topological polar surface area (TPSA) is 88.6 Å². The van der Waals surface area contributed by atoms with E-state index in [9.17, 15) is 26.4 Å². The largest absolute Gasteiger partial charge is 0.419 e. The zero-order valence-corrected chi connectivity index (χ0v) is 17.3. The molecule has 0 N–H and O–H groups in total. The third-order valence-electron chi connectivity index (χ3n) is 5.26. The molecule has 1 aliphatic heterocycles. The monoisotopic (exact) mass is 456 g/mol. The van der Waals surface area contributed by atoms with Crippen molar-refractivity contribution < 1.29 is 26.0 Å². The number of sulfonamides is 1. The van der Waals surface area contributed by atoms with Crippen molar-refractivity contribution in [2.75, 3.05) is 31.1 Å². The van der Waals surface area contributed by atoms with Gasteiger partial charge in [-0.05, 0) is 30.7 Å². The lowest BCUT2D eigenvalue weighted by Crippen LogP contribution is -2.35. The van der Waals surface area contributed by atoms with Crippen LogP contribution in [0.15, 0.2) is 50.6 Å². The van der Waals surface area contributed by atoms with Crippen molar-refractivity contribution in [1.29, 1.82) is 0 Å². The number of hydrogen-bond acceptors (Lipinski definition) is 6. The van der Waals surface area contributed by atoms with Crippen LogP contribution in [0.4, 0.5) is 19.0 Å². The molecule has 31 heavy (non-hydrogen) atoms. The first-order chi connectivity index (χ1) is 14.6. The number of rotatable bonds is 3. The van der Waals surface area contributed by atoms with E-state index >= 15 is 0 Å². The molecule has 0 amide bonds. The molecule has 0 bridgehead atoms. The van der Waals surface area contributed by atoms with Crippen LogP contribution in [0.3, 0.4) is 0 Å². The van der Waals surface area contributed by atoms with Crippen molar-refractivity contribution in [3.8, 4) is 0 Å². The predicted molar refractivity (Wildman–Crippen MR) is 106 cm³/mol. The molecule has 1 fully saturated rings. The van der Waals surface area contributed by atoms with Gasteiger partial charge in [0.15, 0.2) is 5.58 Å². The van der Waals surface area contributed by atoms with Crippen molar-refractivity contribution in [1.82, 2.24) is 13.9 Å². The third-order valence-corrected chi connectivity index (χ3v) is 7.15. The normalized spacial score (nSPS) is 16.6. The lowest BCUT2D eigenvalue weighted by molar-refractivity contribution is -0.137. The van der Waals surface area contributed by atoms with Crippen LogP contribution in [-0.4, -0.2) is 48.5 Å². The minimum atomic E-state index is -4.46. The van der Waals surface area contributed by atoms with Crippen LogP contribution in [-0.2, 0) is 23.2 Å². The lowest BCUT2D eigenvalue weighted by atomic mass is 10.2. The number of oxazole rings is 1. The second-order valence-corrected chi connectivity index (χ2v) is 9.14. The minimum Gasteiger partial charge on any atom is -0.408 e. The van der Waals surface area contributed by atoms with Crippen molar-refractivity contribution >= 4 is 26.9 Å². The van der Waals surface area contributed by atoms with Gasteiger partial charge in [-0.1, -0.05) is 0 Å². The Morgan fingerprint density at radius 1 is 1.06 bits per heavy atom. The summed E-state index contributed by atoms with van der Waals surface area (Å²) in [6.07, 6.45) is -3.21. The number of pyridine rings is 1. The maximum Gasteiger partial charge on any atom is 0.419 e. The molecule has 0 aliphatic carbocycles. The number of aromatic nitrogens is 2. The minimum absolute atomic E-state index is 0.00968. The Morgan fingerprint density at radius 3 is 2.52 bits per heavy atom. The van der Waals surface area contributed by atoms with Crippen molar-refractivity contribution in [3.05, 3.63) is 52.6 Å². The Labute approximate surface area is 175 Å². The summed E-state index contributed by atoms with van der Waals surface area (Å²) in [7, 11) is -2.32. The Hall–Kier alpha value is -2.86. The van der Waals surface area contributed by atoms with Gasteiger partial charge in [-0.2, -0.15) is 17.5 Å². The molecule has 1 saturated heterocycles. The number of halogens is 3. The molecule has 12 heteroatoms. The second-order valence-electron chi connectivity index (χ2n) is 7.20. The summed E-state index contributed by atoms with van der Waals surface area (Å²) in [6, 6.07) is 6.52. The summed E-state index contributed by atoms with van der Waals surface area (Å²) in [5.41, 5.74) is -0.170. The first kappa shape index (κ1) is 21.4. The maximum absolute atomic E-state index is 13.1. The molecule has 0 unspecified atom stereocenters. The highest BCUT2D eigenvalue weighted by molar-refractivity contribution is 7.89. The summed E-state index contributed by atoms with van der Waals surface area (Å²) in [5.74, 6) is -0.223. The molecule has 0 spiro atoms. The van der Waals surface area contributed by atoms with Gasteiger partial charge in [-0.25, -0.2) is 18.2 Å². The maximum atomic E-state index is 13.1. The average molecular weight is 456 g/mol. The van der Waals surface area contributed by atoms with Crippen LogP contribution in [0.5, 0.6) is 0 Å². The van der Waals surface area contributed by atoms with E-state index in [1.165, 1.54) is 40.2 Å². The van der Waals surface area contributed by atoms with Crippen molar-refractivity contribution in [2.24, 2.45) is 7.05 Å². The molecule has 8 nitrogen and oxygen atoms in total. The zero-order chi connectivity index (χ0) is 22.4. The number of hydrogen-bond donors (Lipinski definition) is 0. The predicted octanol–water partition coefficient (Wildman–Crippen LogP) is 2.45. The van der Waals surface area contributed by atoms with E-state index in [-0.39, 0.29) is 30.1 Å². The number of alkyl halides is 3. The van der Waals surface area contributed by atoms with Crippen LogP contribution in [0.1, 0.15) is 12.0 Å². The molecule has 0 radical (unpaired) electrons. The summed E-state index contributed by atoms with van der Waals surface area (Å²) < 4.78 is 72.1. The molecule has 3 aromatic rings. The molecule has 0 saturated carbocycles. The van der Waals surface area contributed by atoms with Gasteiger partial charge in [0.25, 0.3) is 0 Å². The Bertz CT molecular complexity index is 1270. The first-order valence-electron chi connectivity index (χ1n) is 9.45. The number of nitrogens with zero attached hydrogens (tertiary/aromatic N) is 4. The number of fused-ring (bicyclic) bond motifs is 1. The molecular formula is C19H19F3N4O4S. The fourth-order valence-electron chi connectivity index (χ4n) is 3.53. The Morgan fingerprint density at radius 2 is 1.84 bits per heavy atom.